The average Bonchev–Trinajstić information content (AvgIpc) is 2.48. The number of ether oxygens (including phenoxy) is 1. The van der Waals surface area contributed by atoms with Gasteiger partial charge in [0.25, 0.3) is 0 Å². The predicted molar refractivity (Wildman–Crippen MR) is 70.5 cm³/mol. The fraction of sp³-hybridized carbons (Fsp3) is 0.462. The first kappa shape index (κ1) is 14.3. The number of likely N-dealkylation sites (tertiary alicyclic amines) is 1. The Balaban J connectivity index is 2.14. The second kappa shape index (κ2) is 6.36. The highest BCUT2D eigenvalue weighted by molar-refractivity contribution is 5.78. The van der Waals surface area contributed by atoms with Crippen LogP contribution in [0.5, 0.6) is 0 Å². The van der Waals surface area contributed by atoms with E-state index in [-0.39, 0.29) is 6.54 Å². The van der Waals surface area contributed by atoms with Gasteiger partial charge >= 0.3 is 5.97 Å². The fourth-order valence-electron chi connectivity index (χ4n) is 2.40. The first-order valence-corrected chi connectivity index (χ1v) is 6.21. The van der Waals surface area contributed by atoms with Gasteiger partial charge in [0.2, 0.25) is 0 Å². The number of azide groups is 1. The molecule has 1 fully saturated rings. The van der Waals surface area contributed by atoms with Crippen molar-refractivity contribution in [2.75, 3.05) is 13.7 Å². The van der Waals surface area contributed by atoms with Gasteiger partial charge in [0.05, 0.1) is 7.11 Å². The number of benzene rings is 1. The molecule has 0 bridgehead atoms. The molecular weight excluding hydrogens is 263 g/mol. The lowest BCUT2D eigenvalue weighted by Crippen LogP contribution is -2.69. The topological polar surface area (TPSA) is 78.3 Å². The van der Waals surface area contributed by atoms with Crippen LogP contribution in [0, 0.1) is 0 Å². The van der Waals surface area contributed by atoms with E-state index in [0.29, 0.717) is 6.54 Å². The number of alkyl halides is 1. The number of carbonyl (C=O) groups excluding carboxylic acids is 1. The van der Waals surface area contributed by atoms with Gasteiger partial charge in [-0.3, -0.25) is 9.69 Å². The van der Waals surface area contributed by atoms with E-state index in [1.807, 2.05) is 30.3 Å². The van der Waals surface area contributed by atoms with Crippen LogP contribution in [0.1, 0.15) is 5.56 Å². The molecule has 0 radical (unpaired) electrons. The van der Waals surface area contributed by atoms with E-state index < -0.39 is 24.2 Å². The van der Waals surface area contributed by atoms with Gasteiger partial charge in [-0.25, -0.2) is 4.39 Å². The van der Waals surface area contributed by atoms with Crippen molar-refractivity contribution in [1.29, 1.82) is 0 Å². The van der Waals surface area contributed by atoms with E-state index in [1.54, 1.807) is 4.90 Å². The Morgan fingerprint density at radius 2 is 2.20 bits per heavy atom. The number of nitrogens with zero attached hydrogens (tertiary/aromatic N) is 4. The van der Waals surface area contributed by atoms with Gasteiger partial charge in [-0.1, -0.05) is 35.4 Å². The molecule has 0 N–H and O–H groups in total. The number of hydrogen-bond acceptors (Lipinski definition) is 4. The summed E-state index contributed by atoms with van der Waals surface area (Å²) in [6, 6.07) is 7.89. The van der Waals surface area contributed by atoms with Crippen molar-refractivity contribution in [3.63, 3.8) is 0 Å². The Hall–Kier alpha value is -2.11. The zero-order chi connectivity index (χ0) is 14.5. The minimum Gasteiger partial charge on any atom is -0.468 e. The van der Waals surface area contributed by atoms with E-state index in [2.05, 4.69) is 14.8 Å². The lowest BCUT2D eigenvalue weighted by molar-refractivity contribution is -0.167. The maximum absolute atomic E-state index is 14.0. The highest BCUT2D eigenvalue weighted by Crippen LogP contribution is 2.32. The van der Waals surface area contributed by atoms with E-state index in [4.69, 9.17) is 5.53 Å². The summed E-state index contributed by atoms with van der Waals surface area (Å²) >= 11 is 0. The molecular formula is C13H15FN4O2. The molecule has 20 heavy (non-hydrogen) atoms. The van der Waals surface area contributed by atoms with E-state index in [1.165, 1.54) is 7.11 Å². The van der Waals surface area contributed by atoms with Gasteiger partial charge in [-0.15, -0.1) is 0 Å². The normalized spacial score (nSPS) is 25.4. The van der Waals surface area contributed by atoms with Crippen LogP contribution >= 0.6 is 0 Å². The van der Waals surface area contributed by atoms with E-state index >= 15 is 0 Å². The summed E-state index contributed by atoms with van der Waals surface area (Å²) in [6.45, 7) is 0.407. The van der Waals surface area contributed by atoms with Gasteiger partial charge in [0.1, 0.15) is 12.2 Å². The molecule has 0 spiro atoms. The molecule has 0 unspecified atom stereocenters. The molecule has 1 aliphatic heterocycles. The smallest absolute Gasteiger partial charge is 0.326 e. The van der Waals surface area contributed by atoms with Gasteiger partial charge in [0.15, 0.2) is 0 Å². The number of rotatable bonds is 5. The minimum absolute atomic E-state index is 0.00199. The number of hydrogen-bond donors (Lipinski definition) is 0. The molecule has 0 saturated carbocycles. The van der Waals surface area contributed by atoms with E-state index in [9.17, 15) is 9.18 Å². The van der Waals surface area contributed by atoms with Gasteiger partial charge in [0, 0.05) is 24.0 Å². The molecule has 0 aliphatic carbocycles. The Kier molecular flexibility index (Phi) is 4.55. The van der Waals surface area contributed by atoms with Crippen LogP contribution in [-0.4, -0.2) is 42.8 Å². The Labute approximate surface area is 115 Å². The van der Waals surface area contributed by atoms with Crippen LogP contribution in [0.25, 0.3) is 10.4 Å². The maximum atomic E-state index is 14.0. The second-order valence-electron chi connectivity index (χ2n) is 4.55. The number of halogens is 1. The number of carbonyl (C=O) groups is 1. The molecule has 1 aromatic carbocycles. The van der Waals surface area contributed by atoms with E-state index in [0.717, 1.165) is 5.56 Å². The van der Waals surface area contributed by atoms with Crippen molar-refractivity contribution in [2.45, 2.75) is 24.8 Å². The molecule has 6 nitrogen and oxygen atoms in total. The maximum Gasteiger partial charge on any atom is 0.326 e. The molecule has 1 heterocycles. The molecule has 1 aliphatic rings. The standard InChI is InChI=1S/C13H15FN4O2/c1-20-13(19)12-11(14)10(7-16-17-15)18(12)8-9-5-3-2-4-6-9/h2-6,10-12H,7-8H2,1H3/t10-,11-,12-/m0/s1. The monoisotopic (exact) mass is 278 g/mol. The average molecular weight is 278 g/mol. The first-order valence-electron chi connectivity index (χ1n) is 6.21. The summed E-state index contributed by atoms with van der Waals surface area (Å²) in [5.74, 6) is -0.606. The summed E-state index contributed by atoms with van der Waals surface area (Å²) < 4.78 is 18.7. The van der Waals surface area contributed by atoms with Crippen molar-refractivity contribution in [1.82, 2.24) is 4.90 Å². The van der Waals surface area contributed by atoms with Crippen LogP contribution in [0.2, 0.25) is 0 Å². The van der Waals surface area contributed by atoms with Gasteiger partial charge < -0.3 is 4.74 Å². The SMILES string of the molecule is COC(=O)[C@@H]1[C@@H](F)[C@H](CN=[N+]=[N-])N1Cc1ccccc1. The van der Waals surface area contributed by atoms with Crippen LogP contribution in [0.4, 0.5) is 4.39 Å². The Bertz CT molecular complexity index is 518. The Morgan fingerprint density at radius 1 is 1.50 bits per heavy atom. The van der Waals surface area contributed by atoms with Crippen molar-refractivity contribution < 1.29 is 13.9 Å². The van der Waals surface area contributed by atoms with Crippen molar-refractivity contribution in [3.8, 4) is 0 Å². The second-order valence-corrected chi connectivity index (χ2v) is 4.55. The van der Waals surface area contributed by atoms with Crippen LogP contribution in [0.15, 0.2) is 35.4 Å². The van der Waals surface area contributed by atoms with Crippen molar-refractivity contribution in [3.05, 3.63) is 46.3 Å². The predicted octanol–water partition coefficient (Wildman–Crippen LogP) is 2.06. The zero-order valence-electron chi connectivity index (χ0n) is 11.0. The molecule has 106 valence electrons. The first-order chi connectivity index (χ1) is 9.69. The molecule has 0 amide bonds. The molecule has 3 atom stereocenters. The van der Waals surface area contributed by atoms with Crippen molar-refractivity contribution >= 4 is 5.97 Å². The zero-order valence-corrected chi connectivity index (χ0v) is 11.0. The summed E-state index contributed by atoms with van der Waals surface area (Å²) in [5.41, 5.74) is 9.30. The lowest BCUT2D eigenvalue weighted by Gasteiger charge is -2.49. The largest absolute Gasteiger partial charge is 0.468 e. The fourth-order valence-corrected chi connectivity index (χ4v) is 2.40. The summed E-state index contributed by atoms with van der Waals surface area (Å²) in [6.07, 6.45) is -1.38. The van der Waals surface area contributed by atoms with Gasteiger partial charge in [-0.05, 0) is 11.1 Å². The molecule has 1 aromatic rings. The van der Waals surface area contributed by atoms with Gasteiger partial charge in [-0.2, -0.15) is 0 Å². The highest BCUT2D eigenvalue weighted by Gasteiger charge is 2.53. The lowest BCUT2D eigenvalue weighted by atomic mass is 9.89. The van der Waals surface area contributed by atoms with Crippen LogP contribution in [-0.2, 0) is 16.1 Å². The third-order valence-electron chi connectivity index (χ3n) is 3.44. The number of methoxy groups -OCH3 is 1. The Morgan fingerprint density at radius 3 is 2.80 bits per heavy atom. The summed E-state index contributed by atoms with van der Waals surface area (Å²) in [7, 11) is 1.23. The summed E-state index contributed by atoms with van der Waals surface area (Å²) in [5, 5.41) is 3.40. The molecule has 7 heteroatoms. The van der Waals surface area contributed by atoms with Crippen LogP contribution in [0.3, 0.4) is 0 Å². The molecule has 0 aromatic heterocycles. The van der Waals surface area contributed by atoms with Crippen LogP contribution < -0.4 is 0 Å². The molecule has 2 rings (SSSR count). The third-order valence-corrected chi connectivity index (χ3v) is 3.44. The highest BCUT2D eigenvalue weighted by atomic mass is 19.1. The molecule has 1 saturated heterocycles. The van der Waals surface area contributed by atoms with Crippen molar-refractivity contribution in [2.24, 2.45) is 5.11 Å². The summed E-state index contributed by atoms with van der Waals surface area (Å²) in [4.78, 5) is 15.9. The number of esters is 1. The minimum atomic E-state index is -1.38. The third kappa shape index (κ3) is 2.74. The quantitative estimate of drug-likeness (QED) is 0.358.